The van der Waals surface area contributed by atoms with Gasteiger partial charge in [-0.1, -0.05) is 42.3 Å². The third-order valence-corrected chi connectivity index (χ3v) is 4.40. The predicted molar refractivity (Wildman–Crippen MR) is 81.6 cm³/mol. The lowest BCUT2D eigenvalue weighted by molar-refractivity contribution is -0.122. The topological polar surface area (TPSA) is 38.3 Å². The Labute approximate surface area is 129 Å². The fraction of sp³-hybridized carbons (Fsp3) is 0.533. The smallest absolute Gasteiger partial charge is 0.144 e. The normalized spacial score (nSPS) is 22.1. The summed E-state index contributed by atoms with van der Waals surface area (Å²) in [5.41, 5.74) is 0.783. The molecule has 0 amide bonds. The summed E-state index contributed by atoms with van der Waals surface area (Å²) in [5, 5.41) is 4.33. The van der Waals surface area contributed by atoms with Gasteiger partial charge in [-0.05, 0) is 24.6 Å². The Morgan fingerprint density at radius 3 is 2.95 bits per heavy atom. The van der Waals surface area contributed by atoms with E-state index in [9.17, 15) is 4.79 Å². The van der Waals surface area contributed by atoms with Crippen LogP contribution >= 0.6 is 23.2 Å². The average molecular weight is 316 g/mol. The lowest BCUT2D eigenvalue weighted by atomic mass is 9.93. The maximum atomic E-state index is 12.4. The van der Waals surface area contributed by atoms with Crippen molar-refractivity contribution in [3.05, 3.63) is 33.8 Å². The van der Waals surface area contributed by atoms with E-state index in [-0.39, 0.29) is 17.7 Å². The van der Waals surface area contributed by atoms with Crippen molar-refractivity contribution < 1.29 is 9.53 Å². The van der Waals surface area contributed by atoms with Crippen molar-refractivity contribution in [1.29, 1.82) is 0 Å². The first kappa shape index (κ1) is 15.8. The zero-order valence-electron chi connectivity index (χ0n) is 11.5. The number of halogens is 2. The van der Waals surface area contributed by atoms with Gasteiger partial charge in [0.2, 0.25) is 0 Å². The average Bonchev–Trinajstić information content (AvgIpc) is 2.90. The number of hydrogen-bond donors (Lipinski definition) is 1. The van der Waals surface area contributed by atoms with Crippen molar-refractivity contribution >= 4 is 29.0 Å². The summed E-state index contributed by atoms with van der Waals surface area (Å²) in [6.07, 6.45) is 1.34. The third-order valence-electron chi connectivity index (χ3n) is 3.55. The first-order valence-electron chi connectivity index (χ1n) is 6.90. The lowest BCUT2D eigenvalue weighted by Gasteiger charge is -2.18. The molecule has 2 rings (SSSR count). The lowest BCUT2D eigenvalue weighted by Crippen LogP contribution is -2.40. The minimum atomic E-state index is -0.100. The van der Waals surface area contributed by atoms with E-state index < -0.39 is 0 Å². The number of rotatable bonds is 6. The minimum Gasteiger partial charge on any atom is -0.379 e. The molecule has 0 spiro atoms. The van der Waals surface area contributed by atoms with Crippen molar-refractivity contribution in [3.63, 3.8) is 0 Å². The Morgan fingerprint density at radius 2 is 2.20 bits per heavy atom. The van der Waals surface area contributed by atoms with Crippen LogP contribution in [0.4, 0.5) is 0 Å². The van der Waals surface area contributed by atoms with Gasteiger partial charge in [0.25, 0.3) is 0 Å². The Balaban J connectivity index is 2.02. The minimum absolute atomic E-state index is 0.100. The predicted octanol–water partition coefficient (Wildman–Crippen LogP) is 3.12. The van der Waals surface area contributed by atoms with Gasteiger partial charge in [0, 0.05) is 12.5 Å². The van der Waals surface area contributed by atoms with Crippen molar-refractivity contribution in [2.75, 3.05) is 19.8 Å². The zero-order chi connectivity index (χ0) is 14.5. The number of ether oxygens (including phenoxy) is 1. The summed E-state index contributed by atoms with van der Waals surface area (Å²) in [6, 6.07) is 5.49. The molecule has 2 unspecified atom stereocenters. The second-order valence-electron chi connectivity index (χ2n) is 5.06. The second-order valence-corrected chi connectivity index (χ2v) is 5.85. The molecule has 3 nitrogen and oxygen atoms in total. The first-order chi connectivity index (χ1) is 9.63. The molecule has 1 aliphatic rings. The maximum Gasteiger partial charge on any atom is 0.144 e. The van der Waals surface area contributed by atoms with Gasteiger partial charge in [-0.3, -0.25) is 4.79 Å². The van der Waals surface area contributed by atoms with Crippen molar-refractivity contribution in [1.82, 2.24) is 5.32 Å². The standard InChI is InChI=1S/C15H19Cl2NO2/c1-2-6-18-13-9-20-8-11(13)14(19)7-10-4-3-5-12(16)15(10)17/h3-5,11,13,18H,2,6-9H2,1H3. The van der Waals surface area contributed by atoms with E-state index in [1.54, 1.807) is 6.07 Å². The molecule has 1 N–H and O–H groups in total. The van der Waals surface area contributed by atoms with Crippen molar-refractivity contribution in [3.8, 4) is 0 Å². The Morgan fingerprint density at radius 1 is 1.40 bits per heavy atom. The van der Waals surface area contributed by atoms with Crippen LogP contribution in [0.15, 0.2) is 18.2 Å². The summed E-state index contributed by atoms with van der Waals surface area (Å²) in [6.45, 7) is 4.08. The van der Waals surface area contributed by atoms with Gasteiger partial charge in [0.05, 0.1) is 29.2 Å². The molecule has 0 aromatic heterocycles. The van der Waals surface area contributed by atoms with Gasteiger partial charge < -0.3 is 10.1 Å². The van der Waals surface area contributed by atoms with E-state index in [4.69, 9.17) is 27.9 Å². The van der Waals surface area contributed by atoms with Gasteiger partial charge >= 0.3 is 0 Å². The van der Waals surface area contributed by atoms with Crippen molar-refractivity contribution in [2.45, 2.75) is 25.8 Å². The van der Waals surface area contributed by atoms with E-state index in [0.29, 0.717) is 29.7 Å². The molecule has 20 heavy (non-hydrogen) atoms. The monoisotopic (exact) mass is 315 g/mol. The van der Waals surface area contributed by atoms with E-state index in [0.717, 1.165) is 18.5 Å². The molecule has 1 aromatic rings. The van der Waals surface area contributed by atoms with Crippen LogP contribution in [0.1, 0.15) is 18.9 Å². The largest absolute Gasteiger partial charge is 0.379 e. The van der Waals surface area contributed by atoms with E-state index in [1.165, 1.54) is 0 Å². The molecule has 0 bridgehead atoms. The maximum absolute atomic E-state index is 12.4. The fourth-order valence-electron chi connectivity index (χ4n) is 2.41. The van der Waals surface area contributed by atoms with Crippen LogP contribution in [-0.2, 0) is 16.0 Å². The van der Waals surface area contributed by atoms with Crippen LogP contribution in [0.25, 0.3) is 0 Å². The number of hydrogen-bond acceptors (Lipinski definition) is 3. The highest BCUT2D eigenvalue weighted by Gasteiger charge is 2.33. The molecule has 1 aliphatic heterocycles. The first-order valence-corrected chi connectivity index (χ1v) is 7.65. The molecule has 1 aromatic carbocycles. The molecule has 1 saturated heterocycles. The van der Waals surface area contributed by atoms with E-state index in [1.807, 2.05) is 12.1 Å². The molecule has 0 saturated carbocycles. The van der Waals surface area contributed by atoms with Crippen LogP contribution in [-0.4, -0.2) is 31.6 Å². The van der Waals surface area contributed by atoms with Crippen LogP contribution in [0, 0.1) is 5.92 Å². The summed E-state index contributed by atoms with van der Waals surface area (Å²) in [4.78, 5) is 12.4. The summed E-state index contributed by atoms with van der Waals surface area (Å²) in [7, 11) is 0. The highest BCUT2D eigenvalue weighted by molar-refractivity contribution is 6.42. The van der Waals surface area contributed by atoms with E-state index in [2.05, 4.69) is 12.2 Å². The zero-order valence-corrected chi connectivity index (χ0v) is 13.0. The summed E-state index contributed by atoms with van der Waals surface area (Å²) < 4.78 is 5.44. The summed E-state index contributed by atoms with van der Waals surface area (Å²) in [5.74, 6) is 0.0527. The molecule has 0 radical (unpaired) electrons. The Hall–Kier alpha value is -0.610. The van der Waals surface area contributed by atoms with Crippen molar-refractivity contribution in [2.24, 2.45) is 5.92 Å². The molecular formula is C15H19Cl2NO2. The number of carbonyl (C=O) groups excluding carboxylic acids is 1. The molecule has 1 fully saturated rings. The van der Waals surface area contributed by atoms with Crippen LogP contribution < -0.4 is 5.32 Å². The highest BCUT2D eigenvalue weighted by atomic mass is 35.5. The molecular weight excluding hydrogens is 297 g/mol. The van der Waals surface area contributed by atoms with Crippen LogP contribution in [0.2, 0.25) is 10.0 Å². The van der Waals surface area contributed by atoms with Gasteiger partial charge in [0.1, 0.15) is 5.78 Å². The van der Waals surface area contributed by atoms with Crippen LogP contribution in [0.5, 0.6) is 0 Å². The van der Waals surface area contributed by atoms with Gasteiger partial charge in [-0.25, -0.2) is 0 Å². The number of nitrogens with one attached hydrogen (secondary N) is 1. The molecule has 1 heterocycles. The summed E-state index contributed by atoms with van der Waals surface area (Å²) >= 11 is 12.1. The number of Topliss-reactive ketones (excluding diaryl/α,β-unsaturated/α-hetero) is 1. The second kappa shape index (κ2) is 7.41. The van der Waals surface area contributed by atoms with Gasteiger partial charge in [0.15, 0.2) is 0 Å². The van der Waals surface area contributed by atoms with E-state index >= 15 is 0 Å². The molecule has 5 heteroatoms. The number of ketones is 1. The fourth-order valence-corrected chi connectivity index (χ4v) is 2.79. The van der Waals surface area contributed by atoms with Crippen LogP contribution in [0.3, 0.4) is 0 Å². The third kappa shape index (κ3) is 3.73. The SMILES string of the molecule is CCCNC1COCC1C(=O)Cc1cccc(Cl)c1Cl. The van der Waals surface area contributed by atoms with Gasteiger partial charge in [-0.15, -0.1) is 0 Å². The molecule has 110 valence electrons. The Bertz CT molecular complexity index is 479. The number of benzene rings is 1. The van der Waals surface area contributed by atoms with Gasteiger partial charge in [-0.2, -0.15) is 0 Å². The molecule has 2 atom stereocenters. The Kier molecular flexibility index (Phi) is 5.85. The highest BCUT2D eigenvalue weighted by Crippen LogP contribution is 2.27. The quantitative estimate of drug-likeness (QED) is 0.876. The number of carbonyl (C=O) groups is 1. The molecule has 0 aliphatic carbocycles.